The molecule has 22 heavy (non-hydrogen) atoms. The summed E-state index contributed by atoms with van der Waals surface area (Å²) in [4.78, 5) is 2.32. The van der Waals surface area contributed by atoms with E-state index < -0.39 is 0 Å². The van der Waals surface area contributed by atoms with Gasteiger partial charge >= 0.3 is 0 Å². The normalized spacial score (nSPS) is 18.5. The Hall–Kier alpha value is -1.09. The Labute approximate surface area is 136 Å². The second-order valence-electron chi connectivity index (χ2n) is 5.85. The summed E-state index contributed by atoms with van der Waals surface area (Å²) in [5.41, 5.74) is 0. The van der Waals surface area contributed by atoms with Crippen LogP contribution in [0, 0.1) is 11.8 Å². The molecule has 0 N–H and O–H groups in total. The van der Waals surface area contributed by atoms with E-state index in [4.69, 9.17) is 4.74 Å². The van der Waals surface area contributed by atoms with Crippen LogP contribution >= 0.6 is 0 Å². The van der Waals surface area contributed by atoms with Crippen LogP contribution in [0.25, 0.3) is 0 Å². The van der Waals surface area contributed by atoms with Crippen LogP contribution in [0.2, 0.25) is 0 Å². The first-order chi connectivity index (χ1) is 10.5. The molecule has 0 aromatic rings. The summed E-state index contributed by atoms with van der Waals surface area (Å²) in [6.07, 6.45) is 9.15. The van der Waals surface area contributed by atoms with Gasteiger partial charge < -0.3 is 9.64 Å². The summed E-state index contributed by atoms with van der Waals surface area (Å²) in [5, 5.41) is 0. The van der Waals surface area contributed by atoms with Crippen molar-refractivity contribution in [2.24, 2.45) is 11.8 Å². The van der Waals surface area contributed by atoms with E-state index in [0.717, 1.165) is 25.9 Å². The molecule has 1 aliphatic heterocycles. The van der Waals surface area contributed by atoms with E-state index in [-0.39, 0.29) is 5.83 Å². The van der Waals surface area contributed by atoms with Gasteiger partial charge in [0.05, 0.1) is 6.61 Å². The molecule has 0 spiro atoms. The fraction of sp³-hybridized carbons (Fsp3) is 0.684. The largest absolute Gasteiger partial charge is 0.491 e. The van der Waals surface area contributed by atoms with Crippen molar-refractivity contribution in [1.82, 2.24) is 4.90 Å². The van der Waals surface area contributed by atoms with Gasteiger partial charge in [-0.2, -0.15) is 0 Å². The Bertz CT molecular complexity index is 364. The molecule has 1 aliphatic rings. The maximum Gasteiger partial charge on any atom is 0.164 e. The van der Waals surface area contributed by atoms with Crippen LogP contribution in [0.1, 0.15) is 47.5 Å². The van der Waals surface area contributed by atoms with Gasteiger partial charge in [-0.3, -0.25) is 0 Å². The lowest BCUT2D eigenvalue weighted by Gasteiger charge is -2.28. The van der Waals surface area contributed by atoms with Crippen molar-refractivity contribution in [2.45, 2.75) is 47.5 Å². The summed E-state index contributed by atoms with van der Waals surface area (Å²) in [5.74, 6) is 1.03. The molecular formula is C19H34FNO. The topological polar surface area (TPSA) is 12.5 Å². The van der Waals surface area contributed by atoms with E-state index >= 15 is 0 Å². The van der Waals surface area contributed by atoms with Crippen molar-refractivity contribution in [3.8, 4) is 0 Å². The molecule has 1 fully saturated rings. The molecule has 0 aromatic carbocycles. The van der Waals surface area contributed by atoms with Gasteiger partial charge in [0.25, 0.3) is 0 Å². The molecule has 0 aromatic heterocycles. The molecular weight excluding hydrogens is 277 g/mol. The van der Waals surface area contributed by atoms with Gasteiger partial charge in [0.2, 0.25) is 0 Å². The van der Waals surface area contributed by atoms with Crippen LogP contribution in [0.3, 0.4) is 0 Å². The number of likely N-dealkylation sites (tertiary alicyclic amines) is 1. The van der Waals surface area contributed by atoms with Crippen molar-refractivity contribution in [3.05, 3.63) is 35.9 Å². The van der Waals surface area contributed by atoms with Crippen molar-refractivity contribution in [1.29, 1.82) is 0 Å². The second kappa shape index (κ2) is 12.5. The highest BCUT2D eigenvalue weighted by Crippen LogP contribution is 2.20. The van der Waals surface area contributed by atoms with Gasteiger partial charge in [0, 0.05) is 0 Å². The summed E-state index contributed by atoms with van der Waals surface area (Å²) in [7, 11) is 2.14. The third-order valence-corrected chi connectivity index (χ3v) is 3.55. The molecule has 0 bridgehead atoms. The lowest BCUT2D eigenvalue weighted by molar-refractivity contribution is 0.116. The number of allylic oxidation sites excluding steroid dienone is 5. The minimum atomic E-state index is -0.294. The lowest BCUT2D eigenvalue weighted by atomic mass is 9.98. The van der Waals surface area contributed by atoms with Gasteiger partial charge in [-0.15, -0.1) is 0 Å². The third kappa shape index (κ3) is 9.04. The number of nitrogens with zero attached hydrogens (tertiary/aromatic N) is 1. The molecule has 128 valence electrons. The van der Waals surface area contributed by atoms with Gasteiger partial charge in [-0.25, -0.2) is 4.39 Å². The Balaban J connectivity index is 0.00000211. The van der Waals surface area contributed by atoms with Crippen LogP contribution in [-0.2, 0) is 4.74 Å². The van der Waals surface area contributed by atoms with Crippen LogP contribution in [0.4, 0.5) is 4.39 Å². The van der Waals surface area contributed by atoms with Gasteiger partial charge in [-0.05, 0) is 63.9 Å². The zero-order valence-electron chi connectivity index (χ0n) is 15.2. The maximum atomic E-state index is 13.9. The predicted molar refractivity (Wildman–Crippen MR) is 94.4 cm³/mol. The Morgan fingerprint density at radius 2 is 1.86 bits per heavy atom. The van der Waals surface area contributed by atoms with Crippen LogP contribution in [-0.4, -0.2) is 31.6 Å². The molecule has 0 atom stereocenters. The highest BCUT2D eigenvalue weighted by molar-refractivity contribution is 5.23. The van der Waals surface area contributed by atoms with Crippen LogP contribution in [0.5, 0.6) is 0 Å². The summed E-state index contributed by atoms with van der Waals surface area (Å²) in [6.45, 7) is 12.8. The first-order valence-corrected chi connectivity index (χ1v) is 8.55. The third-order valence-electron chi connectivity index (χ3n) is 3.55. The molecule has 1 heterocycles. The Morgan fingerprint density at radius 1 is 1.27 bits per heavy atom. The van der Waals surface area contributed by atoms with E-state index in [2.05, 4.69) is 25.8 Å². The van der Waals surface area contributed by atoms with Crippen molar-refractivity contribution in [3.63, 3.8) is 0 Å². The molecule has 3 heteroatoms. The summed E-state index contributed by atoms with van der Waals surface area (Å²) in [6, 6.07) is 0. The predicted octanol–water partition coefficient (Wildman–Crippen LogP) is 5.34. The molecule has 0 saturated carbocycles. The van der Waals surface area contributed by atoms with Crippen LogP contribution < -0.4 is 0 Å². The first-order valence-electron chi connectivity index (χ1n) is 8.55. The SMILES string of the molecule is CC.C\C=C(OCC1CCN(C)CC1)/C(F)=C\C=C\C(C)C. The quantitative estimate of drug-likeness (QED) is 0.485. The van der Waals surface area contributed by atoms with Crippen LogP contribution in [0.15, 0.2) is 35.9 Å². The fourth-order valence-corrected chi connectivity index (χ4v) is 2.17. The van der Waals surface area contributed by atoms with E-state index in [9.17, 15) is 4.39 Å². The van der Waals surface area contributed by atoms with Gasteiger partial charge in [0.15, 0.2) is 11.6 Å². The number of rotatable bonds is 6. The van der Waals surface area contributed by atoms with E-state index in [1.54, 1.807) is 12.2 Å². The number of hydrogen-bond donors (Lipinski definition) is 0. The zero-order valence-corrected chi connectivity index (χ0v) is 15.2. The first kappa shape index (κ1) is 20.9. The number of ether oxygens (including phenoxy) is 1. The molecule has 1 saturated heterocycles. The molecule has 2 nitrogen and oxygen atoms in total. The standard InChI is InChI=1S/C17H28FNO.C2H6/c1-5-17(16(18)8-6-7-14(2)3)20-13-15-9-11-19(4)12-10-15;1-2/h5-8,14-15H,9-13H2,1-4H3;1-2H3/b7-6+,16-8+,17-5+;. The highest BCUT2D eigenvalue weighted by atomic mass is 19.1. The van der Waals surface area contributed by atoms with E-state index in [0.29, 0.717) is 24.2 Å². The highest BCUT2D eigenvalue weighted by Gasteiger charge is 2.18. The molecule has 0 radical (unpaired) electrons. The van der Waals surface area contributed by atoms with Gasteiger partial charge in [0.1, 0.15) is 0 Å². The fourth-order valence-electron chi connectivity index (χ4n) is 2.17. The van der Waals surface area contributed by atoms with E-state index in [1.807, 2.05) is 26.8 Å². The lowest BCUT2D eigenvalue weighted by Crippen LogP contribution is -2.31. The molecule has 0 aliphatic carbocycles. The smallest absolute Gasteiger partial charge is 0.164 e. The minimum absolute atomic E-state index is 0.294. The Kier molecular flexibility index (Phi) is 11.8. The minimum Gasteiger partial charge on any atom is -0.491 e. The number of hydrogen-bond acceptors (Lipinski definition) is 2. The number of halogens is 1. The summed E-state index contributed by atoms with van der Waals surface area (Å²) >= 11 is 0. The number of piperidine rings is 1. The molecule has 0 unspecified atom stereocenters. The zero-order chi connectivity index (χ0) is 17.0. The summed E-state index contributed by atoms with van der Waals surface area (Å²) < 4.78 is 19.6. The second-order valence-corrected chi connectivity index (χ2v) is 5.85. The average Bonchev–Trinajstić information content (AvgIpc) is 2.51. The molecule has 0 amide bonds. The molecule has 1 rings (SSSR count). The maximum absolute atomic E-state index is 13.9. The van der Waals surface area contributed by atoms with E-state index in [1.165, 1.54) is 6.08 Å². The average molecular weight is 311 g/mol. The van der Waals surface area contributed by atoms with Crippen molar-refractivity contribution in [2.75, 3.05) is 26.7 Å². The Morgan fingerprint density at radius 3 is 2.36 bits per heavy atom. The van der Waals surface area contributed by atoms with Crippen molar-refractivity contribution >= 4 is 0 Å². The monoisotopic (exact) mass is 311 g/mol. The van der Waals surface area contributed by atoms with Crippen molar-refractivity contribution < 1.29 is 9.13 Å². The van der Waals surface area contributed by atoms with Gasteiger partial charge in [-0.1, -0.05) is 39.8 Å².